The van der Waals surface area contributed by atoms with Crippen molar-refractivity contribution in [2.75, 3.05) is 13.7 Å². The Labute approximate surface area is 94.9 Å². The molecule has 1 atom stereocenters. The molecule has 0 heterocycles. The van der Waals surface area contributed by atoms with Gasteiger partial charge >= 0.3 is 0 Å². The van der Waals surface area contributed by atoms with Crippen LogP contribution in [0.3, 0.4) is 0 Å². The van der Waals surface area contributed by atoms with E-state index in [1.54, 1.807) is 20.1 Å². The number of isocyanates is 1. The van der Waals surface area contributed by atoms with Crippen molar-refractivity contribution >= 4 is 6.08 Å². The van der Waals surface area contributed by atoms with Crippen LogP contribution < -0.4 is 9.47 Å². The third-order valence-electron chi connectivity index (χ3n) is 2.21. The van der Waals surface area contributed by atoms with Crippen molar-refractivity contribution in [2.24, 2.45) is 4.99 Å². The number of hydrogen-bond donors (Lipinski definition) is 0. The topological polar surface area (TPSA) is 47.9 Å². The highest BCUT2D eigenvalue weighted by Crippen LogP contribution is 2.35. The third-order valence-corrected chi connectivity index (χ3v) is 2.21. The van der Waals surface area contributed by atoms with Gasteiger partial charge in [-0.25, -0.2) is 4.79 Å². The first-order valence-electron chi connectivity index (χ1n) is 5.11. The minimum atomic E-state index is -0.284. The normalized spacial score (nSPS) is 11.4. The van der Waals surface area contributed by atoms with Gasteiger partial charge in [0.05, 0.1) is 19.8 Å². The molecule has 0 aromatic heterocycles. The van der Waals surface area contributed by atoms with Crippen LogP contribution in [0, 0.1) is 0 Å². The van der Waals surface area contributed by atoms with Crippen LogP contribution in [0.4, 0.5) is 0 Å². The van der Waals surface area contributed by atoms with Gasteiger partial charge in [-0.3, -0.25) is 0 Å². The molecule has 1 unspecified atom stereocenters. The molecule has 0 saturated carbocycles. The van der Waals surface area contributed by atoms with Crippen molar-refractivity contribution < 1.29 is 14.3 Å². The van der Waals surface area contributed by atoms with Gasteiger partial charge in [-0.1, -0.05) is 12.1 Å². The Morgan fingerprint density at radius 1 is 1.50 bits per heavy atom. The molecule has 0 aliphatic heterocycles. The van der Waals surface area contributed by atoms with Crippen LogP contribution in [-0.2, 0) is 4.79 Å². The lowest BCUT2D eigenvalue weighted by Gasteiger charge is -2.15. The first kappa shape index (κ1) is 12.3. The lowest BCUT2D eigenvalue weighted by Crippen LogP contribution is -2.00. The molecule has 4 heteroatoms. The van der Waals surface area contributed by atoms with E-state index in [1.165, 1.54) is 0 Å². The lowest BCUT2D eigenvalue weighted by atomic mass is 10.1. The fourth-order valence-corrected chi connectivity index (χ4v) is 1.50. The number of methoxy groups -OCH3 is 1. The van der Waals surface area contributed by atoms with Gasteiger partial charge in [0.15, 0.2) is 11.5 Å². The average molecular weight is 221 g/mol. The van der Waals surface area contributed by atoms with Crippen LogP contribution in [0.1, 0.15) is 25.5 Å². The molecule has 0 aliphatic carbocycles. The molecule has 1 aromatic rings. The van der Waals surface area contributed by atoms with Crippen LogP contribution >= 0.6 is 0 Å². The zero-order valence-electron chi connectivity index (χ0n) is 9.69. The van der Waals surface area contributed by atoms with Crippen LogP contribution in [-0.4, -0.2) is 19.8 Å². The second-order valence-corrected chi connectivity index (χ2v) is 3.21. The van der Waals surface area contributed by atoms with Gasteiger partial charge in [-0.05, 0) is 19.9 Å². The molecule has 86 valence electrons. The van der Waals surface area contributed by atoms with Gasteiger partial charge in [0.25, 0.3) is 0 Å². The van der Waals surface area contributed by atoms with Gasteiger partial charge in [0.1, 0.15) is 0 Å². The van der Waals surface area contributed by atoms with E-state index in [4.69, 9.17) is 9.47 Å². The summed E-state index contributed by atoms with van der Waals surface area (Å²) in [6.07, 6.45) is 1.55. The second-order valence-electron chi connectivity index (χ2n) is 3.21. The Hall–Kier alpha value is -1.80. The molecule has 1 aromatic carbocycles. The summed E-state index contributed by atoms with van der Waals surface area (Å²) in [4.78, 5) is 13.9. The number of aliphatic imine (C=N–C) groups is 1. The number of para-hydroxylation sites is 1. The van der Waals surface area contributed by atoms with Gasteiger partial charge in [-0.15, -0.1) is 0 Å². The van der Waals surface area contributed by atoms with E-state index in [2.05, 4.69) is 4.99 Å². The number of rotatable bonds is 5. The Balaban J connectivity index is 3.17. The number of benzene rings is 1. The van der Waals surface area contributed by atoms with Crippen molar-refractivity contribution in [3.63, 3.8) is 0 Å². The summed E-state index contributed by atoms with van der Waals surface area (Å²) in [5.41, 5.74) is 0.816. The lowest BCUT2D eigenvalue weighted by molar-refractivity contribution is 0.308. The number of nitrogens with zero attached hydrogens (tertiary/aromatic N) is 1. The number of ether oxygens (including phenoxy) is 2. The molecule has 0 fully saturated rings. The summed E-state index contributed by atoms with van der Waals surface area (Å²) >= 11 is 0. The quantitative estimate of drug-likeness (QED) is 0.567. The highest BCUT2D eigenvalue weighted by molar-refractivity contribution is 5.49. The number of hydrogen-bond acceptors (Lipinski definition) is 4. The summed E-state index contributed by atoms with van der Waals surface area (Å²) in [6.45, 7) is 4.27. The van der Waals surface area contributed by atoms with Gasteiger partial charge in [0, 0.05) is 5.56 Å². The minimum absolute atomic E-state index is 0.284. The van der Waals surface area contributed by atoms with Crippen molar-refractivity contribution in [3.8, 4) is 11.5 Å². The van der Waals surface area contributed by atoms with Crippen molar-refractivity contribution in [1.82, 2.24) is 0 Å². The monoisotopic (exact) mass is 221 g/mol. The average Bonchev–Trinajstić information content (AvgIpc) is 2.29. The van der Waals surface area contributed by atoms with E-state index >= 15 is 0 Å². The molecule has 4 nitrogen and oxygen atoms in total. The Morgan fingerprint density at radius 3 is 2.81 bits per heavy atom. The first-order chi connectivity index (χ1) is 7.74. The van der Waals surface area contributed by atoms with E-state index in [0.29, 0.717) is 18.1 Å². The van der Waals surface area contributed by atoms with Crippen LogP contribution in [0.25, 0.3) is 0 Å². The Bertz CT molecular complexity index is 397. The van der Waals surface area contributed by atoms with E-state index in [0.717, 1.165) is 5.56 Å². The molecule has 0 saturated heterocycles. The maximum Gasteiger partial charge on any atom is 0.235 e. The molecule has 16 heavy (non-hydrogen) atoms. The molecule has 0 amide bonds. The Morgan fingerprint density at radius 2 is 2.25 bits per heavy atom. The van der Waals surface area contributed by atoms with E-state index in [9.17, 15) is 4.79 Å². The number of carbonyl (C=O) groups excluding carboxylic acids is 1. The first-order valence-corrected chi connectivity index (χ1v) is 5.11. The van der Waals surface area contributed by atoms with Crippen molar-refractivity contribution in [3.05, 3.63) is 23.8 Å². The predicted octanol–water partition coefficient (Wildman–Crippen LogP) is 2.49. The summed E-state index contributed by atoms with van der Waals surface area (Å²) in [6, 6.07) is 5.24. The van der Waals surface area contributed by atoms with Gasteiger partial charge in [-0.2, -0.15) is 4.99 Å². The molecule has 1 rings (SSSR count). The second kappa shape index (κ2) is 5.93. The Kier molecular flexibility index (Phi) is 4.55. The molecule has 0 radical (unpaired) electrons. The molecule has 0 aliphatic rings. The highest BCUT2D eigenvalue weighted by atomic mass is 16.5. The van der Waals surface area contributed by atoms with E-state index in [1.807, 2.05) is 25.1 Å². The molecule has 0 bridgehead atoms. The zero-order chi connectivity index (χ0) is 12.0. The fourth-order valence-electron chi connectivity index (χ4n) is 1.50. The van der Waals surface area contributed by atoms with E-state index in [-0.39, 0.29) is 6.04 Å². The minimum Gasteiger partial charge on any atom is -0.492 e. The van der Waals surface area contributed by atoms with Crippen molar-refractivity contribution in [1.29, 1.82) is 0 Å². The standard InChI is InChI=1S/C12H15NO3/c1-4-16-11-7-5-6-10(12(11)15-3)9(2)13-8-14/h5-7,9H,4H2,1-3H3. The summed E-state index contributed by atoms with van der Waals surface area (Å²) in [7, 11) is 1.57. The molecular weight excluding hydrogens is 206 g/mol. The largest absolute Gasteiger partial charge is 0.492 e. The SMILES string of the molecule is CCOc1cccc(C(C)N=C=O)c1OC. The van der Waals surface area contributed by atoms with Gasteiger partial charge in [0.2, 0.25) is 6.08 Å². The van der Waals surface area contributed by atoms with E-state index < -0.39 is 0 Å². The van der Waals surface area contributed by atoms with Crippen molar-refractivity contribution in [2.45, 2.75) is 19.9 Å². The summed E-state index contributed by atoms with van der Waals surface area (Å²) in [5, 5.41) is 0. The maximum atomic E-state index is 10.2. The predicted molar refractivity (Wildman–Crippen MR) is 60.7 cm³/mol. The fraction of sp³-hybridized carbons (Fsp3) is 0.417. The molecular formula is C12H15NO3. The maximum absolute atomic E-state index is 10.2. The molecule has 0 spiro atoms. The summed E-state index contributed by atoms with van der Waals surface area (Å²) in [5.74, 6) is 1.28. The van der Waals surface area contributed by atoms with Crippen LogP contribution in [0.5, 0.6) is 11.5 Å². The molecule has 0 N–H and O–H groups in total. The third kappa shape index (κ3) is 2.61. The smallest absolute Gasteiger partial charge is 0.235 e. The van der Waals surface area contributed by atoms with Crippen LogP contribution in [0.2, 0.25) is 0 Å². The van der Waals surface area contributed by atoms with Crippen LogP contribution in [0.15, 0.2) is 23.2 Å². The highest BCUT2D eigenvalue weighted by Gasteiger charge is 2.14. The van der Waals surface area contributed by atoms with Gasteiger partial charge < -0.3 is 9.47 Å². The zero-order valence-corrected chi connectivity index (χ0v) is 9.69. The summed E-state index contributed by atoms with van der Waals surface area (Å²) < 4.78 is 10.7.